The number of ether oxygens (including phenoxy) is 1. The minimum Gasteiger partial charge on any atom is -0.546 e. The maximum Gasteiger partial charge on any atom is 0.258 e. The molecule has 0 bridgehead atoms. The molecule has 29 heavy (non-hydrogen) atoms. The average Bonchev–Trinajstić information content (AvgIpc) is 2.63. The molecule has 2 nitrogen and oxygen atoms in total. The zero-order valence-corrected chi connectivity index (χ0v) is 21.1. The Kier molecular flexibility index (Phi) is 7.84. The van der Waals surface area contributed by atoms with Crippen molar-refractivity contribution < 1.29 is 9.16 Å². The van der Waals surface area contributed by atoms with Gasteiger partial charge >= 0.3 is 0 Å². The third-order valence-corrected chi connectivity index (χ3v) is 12.9. The maximum absolute atomic E-state index is 7.02. The Morgan fingerprint density at radius 1 is 0.931 bits per heavy atom. The SMILES string of the molecule is COc1ccc(C2C/C=C(/O[Si](C(C)C)(C(C)C)C(C)C)C/C=C\C2(C)C)cc1. The third-order valence-electron chi connectivity index (χ3n) is 6.88. The second-order valence-corrected chi connectivity index (χ2v) is 15.5. The van der Waals surface area contributed by atoms with Gasteiger partial charge in [-0.25, -0.2) is 0 Å². The van der Waals surface area contributed by atoms with Gasteiger partial charge in [-0.2, -0.15) is 0 Å². The first-order valence-corrected chi connectivity index (χ1v) is 13.4. The van der Waals surface area contributed by atoms with E-state index in [2.05, 4.69) is 97.9 Å². The van der Waals surface area contributed by atoms with E-state index in [9.17, 15) is 0 Å². The first kappa shape index (κ1) is 23.8. The molecule has 1 atom stereocenters. The summed E-state index contributed by atoms with van der Waals surface area (Å²) >= 11 is 0. The predicted molar refractivity (Wildman–Crippen MR) is 128 cm³/mol. The molecule has 0 heterocycles. The van der Waals surface area contributed by atoms with Gasteiger partial charge in [0.1, 0.15) is 5.75 Å². The summed E-state index contributed by atoms with van der Waals surface area (Å²) in [5, 5.41) is 0. The second kappa shape index (κ2) is 9.55. The summed E-state index contributed by atoms with van der Waals surface area (Å²) in [5.41, 5.74) is 3.22. The molecule has 1 unspecified atom stereocenters. The Labute approximate surface area is 180 Å². The Balaban J connectivity index is 2.36. The van der Waals surface area contributed by atoms with E-state index in [0.29, 0.717) is 22.5 Å². The summed E-state index contributed by atoms with van der Waals surface area (Å²) in [4.78, 5) is 0. The molecule has 3 heteroatoms. The van der Waals surface area contributed by atoms with Crippen molar-refractivity contribution in [1.82, 2.24) is 0 Å². The lowest BCUT2D eigenvalue weighted by Crippen LogP contribution is -2.47. The zero-order chi connectivity index (χ0) is 21.8. The Hall–Kier alpha value is -1.48. The molecule has 0 radical (unpaired) electrons. The minimum absolute atomic E-state index is 0.0965. The van der Waals surface area contributed by atoms with Gasteiger partial charge in [0, 0.05) is 6.42 Å². The summed E-state index contributed by atoms with van der Waals surface area (Å²) in [6, 6.07) is 8.57. The van der Waals surface area contributed by atoms with Crippen LogP contribution in [0.3, 0.4) is 0 Å². The van der Waals surface area contributed by atoms with Crippen LogP contribution < -0.4 is 4.74 Å². The van der Waals surface area contributed by atoms with Crippen molar-refractivity contribution in [3.8, 4) is 5.75 Å². The second-order valence-electron chi connectivity index (χ2n) is 10.1. The van der Waals surface area contributed by atoms with Crippen LogP contribution in [-0.4, -0.2) is 15.4 Å². The molecule has 0 N–H and O–H groups in total. The van der Waals surface area contributed by atoms with Crippen LogP contribution >= 0.6 is 0 Å². The Bertz CT molecular complexity index is 689. The normalized spacial score (nSPS) is 22.8. The minimum atomic E-state index is -1.92. The van der Waals surface area contributed by atoms with Crippen molar-refractivity contribution in [3.05, 3.63) is 53.8 Å². The quantitative estimate of drug-likeness (QED) is 0.330. The van der Waals surface area contributed by atoms with E-state index in [1.165, 1.54) is 11.3 Å². The molecule has 0 saturated carbocycles. The van der Waals surface area contributed by atoms with Gasteiger partial charge < -0.3 is 9.16 Å². The van der Waals surface area contributed by atoms with Crippen LogP contribution in [0.25, 0.3) is 0 Å². The van der Waals surface area contributed by atoms with Gasteiger partial charge in [0.05, 0.1) is 12.9 Å². The van der Waals surface area contributed by atoms with Crippen LogP contribution in [0.1, 0.15) is 79.7 Å². The van der Waals surface area contributed by atoms with Crippen molar-refractivity contribution in [1.29, 1.82) is 0 Å². The van der Waals surface area contributed by atoms with E-state index in [0.717, 1.165) is 18.6 Å². The van der Waals surface area contributed by atoms with Crippen LogP contribution in [0.4, 0.5) is 0 Å². The van der Waals surface area contributed by atoms with Crippen LogP contribution in [0.2, 0.25) is 16.6 Å². The summed E-state index contributed by atoms with van der Waals surface area (Å²) < 4.78 is 12.4. The summed E-state index contributed by atoms with van der Waals surface area (Å²) in [6.07, 6.45) is 9.00. The molecule has 162 valence electrons. The number of benzene rings is 1. The third kappa shape index (κ3) is 5.17. The fourth-order valence-electron chi connectivity index (χ4n) is 5.30. The van der Waals surface area contributed by atoms with Gasteiger partial charge in [0.15, 0.2) is 0 Å². The lowest BCUT2D eigenvalue weighted by molar-refractivity contribution is 0.338. The summed E-state index contributed by atoms with van der Waals surface area (Å²) in [5.74, 6) is 2.50. The van der Waals surface area contributed by atoms with Gasteiger partial charge in [-0.15, -0.1) is 0 Å². The fraction of sp³-hybridized carbons (Fsp3) is 0.615. The zero-order valence-electron chi connectivity index (χ0n) is 20.1. The van der Waals surface area contributed by atoms with Crippen molar-refractivity contribution in [2.45, 2.75) is 90.8 Å². The summed E-state index contributed by atoms with van der Waals surface area (Å²) in [7, 11) is -0.201. The summed E-state index contributed by atoms with van der Waals surface area (Å²) in [6.45, 7) is 18.8. The molecule has 1 aromatic rings. The topological polar surface area (TPSA) is 18.5 Å². The monoisotopic (exact) mass is 414 g/mol. The smallest absolute Gasteiger partial charge is 0.258 e. The lowest BCUT2D eigenvalue weighted by atomic mass is 9.72. The number of methoxy groups -OCH3 is 1. The molecule has 0 saturated heterocycles. The number of hydrogen-bond acceptors (Lipinski definition) is 2. The highest BCUT2D eigenvalue weighted by molar-refractivity contribution is 6.77. The fourth-order valence-corrected chi connectivity index (χ4v) is 10.6. The highest BCUT2D eigenvalue weighted by Crippen LogP contribution is 2.46. The van der Waals surface area contributed by atoms with Crippen molar-refractivity contribution in [3.63, 3.8) is 0 Å². The maximum atomic E-state index is 7.02. The molecule has 0 amide bonds. The van der Waals surface area contributed by atoms with E-state index < -0.39 is 8.32 Å². The molecule has 2 rings (SSSR count). The highest BCUT2D eigenvalue weighted by Gasteiger charge is 2.47. The van der Waals surface area contributed by atoms with Gasteiger partial charge in [0.25, 0.3) is 8.32 Å². The average molecular weight is 415 g/mol. The van der Waals surface area contributed by atoms with Crippen molar-refractivity contribution in [2.24, 2.45) is 5.41 Å². The molecule has 0 fully saturated rings. The largest absolute Gasteiger partial charge is 0.546 e. The molecule has 1 aliphatic carbocycles. The first-order chi connectivity index (χ1) is 13.5. The number of hydrogen-bond donors (Lipinski definition) is 0. The van der Waals surface area contributed by atoms with Gasteiger partial charge in [-0.05, 0) is 58.1 Å². The molecule has 0 aromatic heterocycles. The molecule has 1 aromatic carbocycles. The molecular weight excluding hydrogens is 372 g/mol. The van der Waals surface area contributed by atoms with E-state index >= 15 is 0 Å². The van der Waals surface area contributed by atoms with Crippen LogP contribution in [-0.2, 0) is 4.43 Å². The first-order valence-electron chi connectivity index (χ1n) is 11.2. The van der Waals surface area contributed by atoms with E-state index in [4.69, 9.17) is 9.16 Å². The van der Waals surface area contributed by atoms with E-state index in [1.807, 2.05) is 0 Å². The molecule has 0 spiro atoms. The number of rotatable bonds is 7. The van der Waals surface area contributed by atoms with Gasteiger partial charge in [-0.3, -0.25) is 0 Å². The lowest BCUT2D eigenvalue weighted by Gasteiger charge is -2.43. The van der Waals surface area contributed by atoms with Crippen LogP contribution in [0.15, 0.2) is 48.3 Å². The van der Waals surface area contributed by atoms with Gasteiger partial charge in [-0.1, -0.05) is 79.7 Å². The molecule has 0 aliphatic heterocycles. The van der Waals surface area contributed by atoms with E-state index in [-0.39, 0.29) is 5.41 Å². The van der Waals surface area contributed by atoms with Crippen molar-refractivity contribution in [2.75, 3.05) is 7.11 Å². The molecule has 1 aliphatic rings. The van der Waals surface area contributed by atoms with Gasteiger partial charge in [0.2, 0.25) is 0 Å². The van der Waals surface area contributed by atoms with E-state index in [1.54, 1.807) is 7.11 Å². The predicted octanol–water partition coefficient (Wildman–Crippen LogP) is 8.23. The van der Waals surface area contributed by atoms with Crippen LogP contribution in [0, 0.1) is 5.41 Å². The van der Waals surface area contributed by atoms with Crippen molar-refractivity contribution >= 4 is 8.32 Å². The standard InChI is InChI=1S/C26H42O2Si/c1-19(2)29(20(3)4,21(5)6)28-24-11-10-18-26(7,8)25(17-16-24)22-12-14-23(27-9)15-13-22/h10,12-16,18-21,25H,11,17H2,1-9H3/b18-10-,24-16+. The number of allylic oxidation sites excluding steroid dienone is 3. The Morgan fingerprint density at radius 3 is 1.97 bits per heavy atom. The highest BCUT2D eigenvalue weighted by atomic mass is 28.4. The molecular formula is C26H42O2Si. The Morgan fingerprint density at radius 2 is 1.48 bits per heavy atom. The van der Waals surface area contributed by atoms with Crippen LogP contribution in [0.5, 0.6) is 5.75 Å².